The molecule has 0 aromatic heterocycles. The lowest BCUT2D eigenvalue weighted by Crippen LogP contribution is -2.04. The predicted molar refractivity (Wildman–Crippen MR) is 67.4 cm³/mol. The van der Waals surface area contributed by atoms with Gasteiger partial charge in [0.2, 0.25) is 4.73 Å². The minimum Gasteiger partial charge on any atom is -0.323 e. The summed E-state index contributed by atoms with van der Waals surface area (Å²) < 4.78 is 19.9. The molecular weight excluding hydrogens is 310 g/mol. The van der Waals surface area contributed by atoms with Crippen LogP contribution >= 0.6 is 39.4 Å². The molecule has 0 heterocycles. The smallest absolute Gasteiger partial charge is 0.323 e. The Hall–Kier alpha value is 0.160. The molecule has 0 amide bonds. The van der Waals surface area contributed by atoms with Crippen LogP contribution in [0.25, 0.3) is 0 Å². The molecule has 0 fully saturated rings. The average Bonchev–Trinajstić information content (AvgIpc) is 2.12. The highest BCUT2D eigenvalue weighted by Gasteiger charge is 2.44. The molecule has 0 radical (unpaired) electrons. The fourth-order valence-corrected chi connectivity index (χ4v) is 4.91. The second-order valence-corrected chi connectivity index (χ2v) is 8.61. The Morgan fingerprint density at radius 1 is 0.941 bits per heavy atom. The molecule has 6 nitrogen and oxygen atoms in total. The molecule has 0 spiro atoms. The second-order valence-electron chi connectivity index (χ2n) is 2.94. The number of hydrogen-bond donors (Lipinski definition) is 4. The predicted octanol–water partition coefficient (Wildman–Crippen LogP) is 1.84. The van der Waals surface area contributed by atoms with Crippen LogP contribution in [0.5, 0.6) is 0 Å². The highest BCUT2D eigenvalue weighted by atomic mass is 35.5. The molecule has 0 saturated carbocycles. The van der Waals surface area contributed by atoms with Gasteiger partial charge in [-0.1, -0.05) is 30.0 Å². The maximum Gasteiger partial charge on any atom is 0.351 e. The Bertz CT molecular complexity index is 421. The first-order chi connectivity index (χ1) is 7.21. The molecule has 0 unspecified atom stereocenters. The van der Waals surface area contributed by atoms with Crippen molar-refractivity contribution >= 4 is 39.4 Å². The summed E-state index contributed by atoms with van der Waals surface area (Å²) in [5, 5.41) is 0. The van der Waals surface area contributed by atoms with Gasteiger partial charge in [-0.15, -0.1) is 12.4 Å². The molecule has 17 heavy (non-hydrogen) atoms. The van der Waals surface area contributed by atoms with Gasteiger partial charge in [0.1, 0.15) is 0 Å². The van der Waals surface area contributed by atoms with Crippen LogP contribution in [0, 0.1) is 0 Å². The highest BCUT2D eigenvalue weighted by molar-refractivity contribution is 8.12. The van der Waals surface area contributed by atoms with Gasteiger partial charge in [0.05, 0.1) is 0 Å². The number of hydrogen-bond acceptors (Lipinski definition) is 3. The Balaban J connectivity index is 0.00000256. The number of halogens is 1. The zero-order chi connectivity index (χ0) is 12.4. The van der Waals surface area contributed by atoms with Gasteiger partial charge in [0, 0.05) is 4.90 Å². The van der Waals surface area contributed by atoms with Crippen LogP contribution in [-0.4, -0.2) is 24.3 Å². The van der Waals surface area contributed by atoms with Crippen molar-refractivity contribution in [1.82, 2.24) is 0 Å². The standard InChI is InChI=1S/C7H10O6P2S.ClH/c8-14(9,10)7(15(11,12)13)16-6-4-2-1-3-5-6;/h1-5,7H,(H2,8,9,10)(H2,11,12,13);1H. The molecule has 0 aliphatic rings. The molecule has 1 aromatic carbocycles. The van der Waals surface area contributed by atoms with Crippen molar-refractivity contribution in [3.8, 4) is 0 Å². The lowest BCUT2D eigenvalue weighted by atomic mass is 10.4. The van der Waals surface area contributed by atoms with E-state index in [-0.39, 0.29) is 12.4 Å². The Kier molecular flexibility index (Phi) is 6.42. The second kappa shape index (κ2) is 6.36. The molecule has 0 aliphatic carbocycles. The van der Waals surface area contributed by atoms with Gasteiger partial charge < -0.3 is 19.6 Å². The third-order valence-electron chi connectivity index (χ3n) is 1.56. The molecule has 4 N–H and O–H groups in total. The van der Waals surface area contributed by atoms with Crippen molar-refractivity contribution < 1.29 is 28.7 Å². The number of rotatable bonds is 4. The quantitative estimate of drug-likeness (QED) is 0.494. The van der Waals surface area contributed by atoms with E-state index in [0.29, 0.717) is 16.7 Å². The van der Waals surface area contributed by atoms with E-state index in [1.165, 1.54) is 12.1 Å². The van der Waals surface area contributed by atoms with Crippen LogP contribution in [-0.2, 0) is 9.13 Å². The van der Waals surface area contributed by atoms with E-state index in [2.05, 4.69) is 0 Å². The summed E-state index contributed by atoms with van der Waals surface area (Å²) in [6, 6.07) is 7.94. The Morgan fingerprint density at radius 3 is 1.71 bits per heavy atom. The minimum absolute atomic E-state index is 0. The summed E-state index contributed by atoms with van der Waals surface area (Å²) in [5.74, 6) is 0. The maximum absolute atomic E-state index is 11.0. The Morgan fingerprint density at radius 2 is 1.35 bits per heavy atom. The lowest BCUT2D eigenvalue weighted by Gasteiger charge is -2.18. The first-order valence-corrected chi connectivity index (χ1v) is 8.27. The fraction of sp³-hybridized carbons (Fsp3) is 0.143. The zero-order valence-corrected chi connectivity index (χ0v) is 11.7. The minimum atomic E-state index is -4.86. The lowest BCUT2D eigenvalue weighted by molar-refractivity contribution is 0.352. The van der Waals surface area contributed by atoms with Crippen molar-refractivity contribution in [2.75, 3.05) is 0 Å². The van der Waals surface area contributed by atoms with E-state index >= 15 is 0 Å². The van der Waals surface area contributed by atoms with E-state index < -0.39 is 19.9 Å². The van der Waals surface area contributed by atoms with Crippen LogP contribution < -0.4 is 0 Å². The number of thioether (sulfide) groups is 1. The van der Waals surface area contributed by atoms with Gasteiger partial charge >= 0.3 is 15.2 Å². The fourth-order valence-electron chi connectivity index (χ4n) is 0.954. The molecule has 0 saturated heterocycles. The SMILES string of the molecule is Cl.O=P(O)(O)C(Sc1ccccc1)P(=O)(O)O. The van der Waals surface area contributed by atoms with Gasteiger partial charge in [-0.3, -0.25) is 9.13 Å². The third kappa shape index (κ3) is 5.55. The zero-order valence-electron chi connectivity index (χ0n) is 8.28. The van der Waals surface area contributed by atoms with Gasteiger partial charge in [-0.05, 0) is 12.1 Å². The van der Waals surface area contributed by atoms with Crippen molar-refractivity contribution in [3.63, 3.8) is 0 Å². The summed E-state index contributed by atoms with van der Waals surface area (Å²) in [5.41, 5.74) is 0. The summed E-state index contributed by atoms with van der Waals surface area (Å²) in [7, 11) is -9.73. The van der Waals surface area contributed by atoms with E-state index in [4.69, 9.17) is 19.6 Å². The van der Waals surface area contributed by atoms with E-state index in [9.17, 15) is 9.13 Å². The third-order valence-corrected chi connectivity index (χ3v) is 7.55. The van der Waals surface area contributed by atoms with E-state index in [0.717, 1.165) is 0 Å². The van der Waals surface area contributed by atoms with Crippen LogP contribution in [0.15, 0.2) is 35.2 Å². The normalized spacial score (nSPS) is 12.3. The van der Waals surface area contributed by atoms with Crippen molar-refractivity contribution in [2.45, 2.75) is 9.63 Å². The van der Waals surface area contributed by atoms with Gasteiger partial charge in [0.25, 0.3) is 0 Å². The summed E-state index contributed by atoms with van der Waals surface area (Å²) in [6.07, 6.45) is 0. The van der Waals surface area contributed by atoms with Crippen LogP contribution in [0.4, 0.5) is 0 Å². The first-order valence-electron chi connectivity index (χ1n) is 4.03. The molecule has 10 heteroatoms. The maximum atomic E-state index is 11.0. The van der Waals surface area contributed by atoms with Crippen molar-refractivity contribution in [1.29, 1.82) is 0 Å². The topological polar surface area (TPSA) is 115 Å². The number of benzene rings is 1. The first kappa shape index (κ1) is 17.2. The summed E-state index contributed by atoms with van der Waals surface area (Å²) in [6.45, 7) is 0. The molecule has 98 valence electrons. The Labute approximate surface area is 108 Å². The van der Waals surface area contributed by atoms with E-state index in [1.54, 1.807) is 18.2 Å². The van der Waals surface area contributed by atoms with Gasteiger partial charge in [-0.25, -0.2) is 0 Å². The largest absolute Gasteiger partial charge is 0.351 e. The van der Waals surface area contributed by atoms with Gasteiger partial charge in [-0.2, -0.15) is 0 Å². The molecule has 0 atom stereocenters. The monoisotopic (exact) mass is 320 g/mol. The average molecular weight is 321 g/mol. The van der Waals surface area contributed by atoms with Crippen molar-refractivity contribution in [2.24, 2.45) is 0 Å². The highest BCUT2D eigenvalue weighted by Crippen LogP contribution is 2.65. The van der Waals surface area contributed by atoms with Crippen molar-refractivity contribution in [3.05, 3.63) is 30.3 Å². The summed E-state index contributed by atoms with van der Waals surface area (Å²) >= 11 is 0.476. The van der Waals surface area contributed by atoms with Crippen LogP contribution in [0.1, 0.15) is 0 Å². The molecule has 0 aliphatic heterocycles. The van der Waals surface area contributed by atoms with Crippen LogP contribution in [0.2, 0.25) is 0 Å². The molecule has 1 rings (SSSR count). The van der Waals surface area contributed by atoms with Crippen LogP contribution in [0.3, 0.4) is 0 Å². The van der Waals surface area contributed by atoms with Gasteiger partial charge in [0.15, 0.2) is 0 Å². The molecular formula is C7H11ClO6P2S. The molecule has 1 aromatic rings. The molecule has 0 bridgehead atoms. The van der Waals surface area contributed by atoms with E-state index in [1.807, 2.05) is 0 Å². The summed E-state index contributed by atoms with van der Waals surface area (Å²) in [4.78, 5) is 35.9.